The quantitative estimate of drug-likeness (QED) is 0.934. The second kappa shape index (κ2) is 5.52. The molecule has 102 valence electrons. The maximum atomic E-state index is 12.2. The van der Waals surface area contributed by atoms with Gasteiger partial charge in [0.1, 0.15) is 5.01 Å². The Morgan fingerprint density at radius 2 is 2.05 bits per heavy atom. The maximum Gasteiger partial charge on any atom is 0.293 e. The van der Waals surface area contributed by atoms with Gasteiger partial charge < -0.3 is 9.88 Å². The Kier molecular flexibility index (Phi) is 3.99. The lowest BCUT2D eigenvalue weighted by atomic mass is 10.3. The van der Waals surface area contributed by atoms with E-state index in [1.807, 2.05) is 33.9 Å². The molecule has 0 aromatic carbocycles. The number of nitrogens with one attached hydrogen (secondary N) is 1. The highest BCUT2D eigenvalue weighted by Crippen LogP contribution is 2.21. The van der Waals surface area contributed by atoms with Crippen LogP contribution in [0.2, 0.25) is 0 Å². The van der Waals surface area contributed by atoms with E-state index in [0.717, 1.165) is 9.88 Å². The molecular formula is C13H18N4OS. The van der Waals surface area contributed by atoms with Gasteiger partial charge in [-0.25, -0.2) is 9.97 Å². The minimum atomic E-state index is -0.0994. The van der Waals surface area contributed by atoms with Crippen molar-refractivity contribution < 1.29 is 0 Å². The van der Waals surface area contributed by atoms with Crippen LogP contribution in [0.5, 0.6) is 0 Å². The van der Waals surface area contributed by atoms with Crippen LogP contribution in [-0.2, 0) is 0 Å². The van der Waals surface area contributed by atoms with Crippen molar-refractivity contribution in [2.45, 2.75) is 39.8 Å². The number of anilines is 1. The maximum absolute atomic E-state index is 12.2. The third-order valence-electron chi connectivity index (χ3n) is 2.79. The van der Waals surface area contributed by atoms with Crippen molar-refractivity contribution in [2.24, 2.45) is 0 Å². The first kappa shape index (κ1) is 13.7. The Balaban J connectivity index is 2.24. The summed E-state index contributed by atoms with van der Waals surface area (Å²) in [5, 5.41) is 4.10. The van der Waals surface area contributed by atoms with Crippen molar-refractivity contribution in [3.63, 3.8) is 0 Å². The molecule has 0 saturated carbocycles. The lowest BCUT2D eigenvalue weighted by molar-refractivity contribution is 0.574. The number of aromatic nitrogens is 3. The smallest absolute Gasteiger partial charge is 0.293 e. The predicted octanol–water partition coefficient (Wildman–Crippen LogP) is 2.76. The van der Waals surface area contributed by atoms with Gasteiger partial charge in [0.05, 0.1) is 6.04 Å². The van der Waals surface area contributed by atoms with Crippen LogP contribution >= 0.6 is 11.3 Å². The predicted molar refractivity (Wildman–Crippen MR) is 77.8 cm³/mol. The molecular weight excluding hydrogens is 260 g/mol. The monoisotopic (exact) mass is 278 g/mol. The van der Waals surface area contributed by atoms with E-state index in [0.29, 0.717) is 5.82 Å². The average Bonchev–Trinajstić information content (AvgIpc) is 2.78. The molecule has 0 aliphatic rings. The molecule has 0 bridgehead atoms. The van der Waals surface area contributed by atoms with Gasteiger partial charge in [-0.3, -0.25) is 4.79 Å². The molecule has 1 atom stereocenters. The van der Waals surface area contributed by atoms with Crippen LogP contribution in [0.1, 0.15) is 42.7 Å². The Hall–Kier alpha value is -1.69. The van der Waals surface area contributed by atoms with Crippen molar-refractivity contribution in [2.75, 3.05) is 5.32 Å². The summed E-state index contributed by atoms with van der Waals surface area (Å²) in [4.78, 5) is 21.8. The Morgan fingerprint density at radius 3 is 2.63 bits per heavy atom. The third kappa shape index (κ3) is 3.01. The van der Waals surface area contributed by atoms with E-state index >= 15 is 0 Å². The van der Waals surface area contributed by atoms with Crippen LogP contribution in [0.4, 0.5) is 5.82 Å². The van der Waals surface area contributed by atoms with Gasteiger partial charge in [-0.1, -0.05) is 0 Å². The largest absolute Gasteiger partial charge is 0.357 e. The van der Waals surface area contributed by atoms with Gasteiger partial charge in [-0.05, 0) is 27.7 Å². The molecule has 5 nitrogen and oxygen atoms in total. The molecule has 1 unspecified atom stereocenters. The van der Waals surface area contributed by atoms with Gasteiger partial charge in [0.15, 0.2) is 5.82 Å². The first-order valence-corrected chi connectivity index (χ1v) is 7.06. The highest BCUT2D eigenvalue weighted by atomic mass is 32.1. The van der Waals surface area contributed by atoms with E-state index in [1.165, 1.54) is 0 Å². The molecule has 0 aliphatic heterocycles. The van der Waals surface area contributed by atoms with Gasteiger partial charge in [-0.2, -0.15) is 0 Å². The van der Waals surface area contributed by atoms with Gasteiger partial charge >= 0.3 is 0 Å². The summed E-state index contributed by atoms with van der Waals surface area (Å²) in [6, 6.07) is 0.0929. The van der Waals surface area contributed by atoms with Gasteiger partial charge in [-0.15, -0.1) is 11.3 Å². The zero-order chi connectivity index (χ0) is 14.0. The molecule has 2 heterocycles. The molecule has 2 rings (SSSR count). The summed E-state index contributed by atoms with van der Waals surface area (Å²) in [6.07, 6.45) is 5.18. The van der Waals surface area contributed by atoms with Crippen LogP contribution in [0.15, 0.2) is 23.4 Å². The van der Waals surface area contributed by atoms with Crippen molar-refractivity contribution in [1.29, 1.82) is 0 Å². The first-order chi connectivity index (χ1) is 8.99. The Labute approximate surface area is 116 Å². The van der Waals surface area contributed by atoms with Crippen LogP contribution < -0.4 is 10.9 Å². The fourth-order valence-electron chi connectivity index (χ4n) is 1.77. The van der Waals surface area contributed by atoms with E-state index in [9.17, 15) is 4.79 Å². The average molecular weight is 278 g/mol. The molecule has 0 radical (unpaired) electrons. The number of hydrogen-bond donors (Lipinski definition) is 1. The summed E-state index contributed by atoms with van der Waals surface area (Å²) >= 11 is 1.62. The second-order valence-corrected chi connectivity index (χ2v) is 6.02. The molecule has 19 heavy (non-hydrogen) atoms. The van der Waals surface area contributed by atoms with E-state index in [1.54, 1.807) is 28.3 Å². The van der Waals surface area contributed by atoms with Gasteiger partial charge in [0.25, 0.3) is 5.56 Å². The molecule has 0 amide bonds. The van der Waals surface area contributed by atoms with Crippen LogP contribution in [0.3, 0.4) is 0 Å². The highest BCUT2D eigenvalue weighted by molar-refractivity contribution is 7.11. The summed E-state index contributed by atoms with van der Waals surface area (Å²) in [7, 11) is 0. The second-order valence-electron chi connectivity index (χ2n) is 4.76. The van der Waals surface area contributed by atoms with Crippen molar-refractivity contribution in [3.8, 4) is 0 Å². The van der Waals surface area contributed by atoms with Crippen molar-refractivity contribution >= 4 is 17.2 Å². The number of aryl methyl sites for hydroxylation is 1. The molecule has 0 fully saturated rings. The normalized spacial score (nSPS) is 12.7. The first-order valence-electron chi connectivity index (χ1n) is 6.25. The highest BCUT2D eigenvalue weighted by Gasteiger charge is 2.13. The fraction of sp³-hybridized carbons (Fsp3) is 0.462. The minimum Gasteiger partial charge on any atom is -0.357 e. The van der Waals surface area contributed by atoms with Crippen LogP contribution in [-0.4, -0.2) is 14.5 Å². The standard InChI is InChI=1S/C13H18N4OS/c1-8(2)17-6-5-14-11(13(17)18)16-10(4)12-15-7-9(3)19-12/h5-8,10H,1-4H3,(H,14,16). The third-order valence-corrected chi connectivity index (χ3v) is 3.88. The van der Waals surface area contributed by atoms with Crippen LogP contribution in [0.25, 0.3) is 0 Å². The van der Waals surface area contributed by atoms with E-state index in [2.05, 4.69) is 15.3 Å². The molecule has 0 saturated heterocycles. The van der Waals surface area contributed by atoms with E-state index in [-0.39, 0.29) is 17.6 Å². The number of nitrogens with zero attached hydrogens (tertiary/aromatic N) is 3. The van der Waals surface area contributed by atoms with Gasteiger partial charge in [0, 0.05) is 29.5 Å². The topological polar surface area (TPSA) is 59.8 Å². The van der Waals surface area contributed by atoms with Gasteiger partial charge in [0.2, 0.25) is 0 Å². The number of thiazole rings is 1. The lowest BCUT2D eigenvalue weighted by Gasteiger charge is -2.14. The van der Waals surface area contributed by atoms with Crippen molar-refractivity contribution in [1.82, 2.24) is 14.5 Å². The molecule has 6 heteroatoms. The SMILES string of the molecule is Cc1cnc(C(C)Nc2nccn(C(C)C)c2=O)s1. The molecule has 1 N–H and O–H groups in total. The number of rotatable bonds is 4. The fourth-order valence-corrected chi connectivity index (χ4v) is 2.55. The Morgan fingerprint density at radius 1 is 1.32 bits per heavy atom. The summed E-state index contributed by atoms with van der Waals surface area (Å²) < 4.78 is 1.66. The van der Waals surface area contributed by atoms with Crippen LogP contribution in [0, 0.1) is 6.92 Å². The summed E-state index contributed by atoms with van der Waals surface area (Å²) in [5.41, 5.74) is -0.0994. The van der Waals surface area contributed by atoms with E-state index < -0.39 is 0 Å². The summed E-state index contributed by atoms with van der Waals surface area (Å²) in [5.74, 6) is 0.372. The zero-order valence-electron chi connectivity index (χ0n) is 11.5. The molecule has 0 spiro atoms. The summed E-state index contributed by atoms with van der Waals surface area (Å²) in [6.45, 7) is 7.93. The molecule has 2 aromatic heterocycles. The molecule has 2 aromatic rings. The number of hydrogen-bond acceptors (Lipinski definition) is 5. The Bertz CT molecular complexity index is 617. The van der Waals surface area contributed by atoms with E-state index in [4.69, 9.17) is 0 Å². The van der Waals surface area contributed by atoms with Crippen molar-refractivity contribution in [3.05, 3.63) is 38.8 Å². The minimum absolute atomic E-state index is 0.0260. The zero-order valence-corrected chi connectivity index (χ0v) is 12.4. The lowest BCUT2D eigenvalue weighted by Crippen LogP contribution is -2.26. The molecule has 0 aliphatic carbocycles.